The highest BCUT2D eigenvalue weighted by Gasteiger charge is 2.35. The largest absolute Gasteiger partial charge is 0.493 e. The number of fused-ring (bicyclic) bond motifs is 1. The van der Waals surface area contributed by atoms with Crippen molar-refractivity contribution in [1.82, 2.24) is 14.9 Å². The molecule has 0 radical (unpaired) electrons. The zero-order valence-corrected chi connectivity index (χ0v) is 15.0. The minimum absolute atomic E-state index is 0.422. The monoisotopic (exact) mass is 387 g/mol. The number of rotatable bonds is 4. The summed E-state index contributed by atoms with van der Waals surface area (Å²) in [5.74, 6) is -0.0896. The number of methoxy groups -OCH3 is 2. The van der Waals surface area contributed by atoms with E-state index < -0.39 is 12.0 Å². The van der Waals surface area contributed by atoms with Gasteiger partial charge in [-0.25, -0.2) is 9.97 Å². The fourth-order valence-electron chi connectivity index (χ4n) is 2.94. The van der Waals surface area contributed by atoms with E-state index in [9.17, 15) is 13.2 Å². The number of benzene rings is 1. The van der Waals surface area contributed by atoms with Gasteiger partial charge < -0.3 is 9.47 Å². The highest BCUT2D eigenvalue weighted by atomic mass is 35.5. The number of halogens is 4. The molecule has 1 aromatic carbocycles. The lowest BCUT2D eigenvalue weighted by atomic mass is 10.1. The Bertz CT molecular complexity index is 815. The summed E-state index contributed by atoms with van der Waals surface area (Å²) in [6, 6.07) is 3.62. The van der Waals surface area contributed by atoms with Gasteiger partial charge in [0.1, 0.15) is 0 Å². The second kappa shape index (κ2) is 7.28. The molecular weight excluding hydrogens is 371 g/mol. The van der Waals surface area contributed by atoms with Crippen LogP contribution in [-0.4, -0.2) is 35.6 Å². The van der Waals surface area contributed by atoms with Crippen molar-refractivity contribution in [3.8, 4) is 11.5 Å². The molecule has 0 aliphatic carbocycles. The molecule has 0 amide bonds. The molecule has 3 rings (SSSR count). The molecule has 0 saturated carbocycles. The second-order valence-corrected chi connectivity index (χ2v) is 6.28. The van der Waals surface area contributed by atoms with Gasteiger partial charge >= 0.3 is 6.18 Å². The quantitative estimate of drug-likeness (QED) is 0.800. The summed E-state index contributed by atoms with van der Waals surface area (Å²) in [5, 5.41) is 0.460. The van der Waals surface area contributed by atoms with Gasteiger partial charge in [0.05, 0.1) is 24.9 Å². The fourth-order valence-corrected chi connectivity index (χ4v) is 3.23. The molecule has 140 valence electrons. The van der Waals surface area contributed by atoms with Crippen LogP contribution in [0.2, 0.25) is 5.02 Å². The third kappa shape index (κ3) is 3.71. The topological polar surface area (TPSA) is 47.5 Å². The van der Waals surface area contributed by atoms with Gasteiger partial charge in [0, 0.05) is 37.8 Å². The molecule has 1 aromatic heterocycles. The van der Waals surface area contributed by atoms with Crippen LogP contribution in [0.15, 0.2) is 18.3 Å². The van der Waals surface area contributed by atoms with Crippen LogP contribution in [0.5, 0.6) is 11.5 Å². The molecule has 0 fully saturated rings. The van der Waals surface area contributed by atoms with Crippen molar-refractivity contribution in [2.45, 2.75) is 25.7 Å². The van der Waals surface area contributed by atoms with Crippen molar-refractivity contribution in [3.05, 3.63) is 46.0 Å². The molecule has 26 heavy (non-hydrogen) atoms. The van der Waals surface area contributed by atoms with Crippen LogP contribution in [0.1, 0.15) is 22.6 Å². The second-order valence-electron chi connectivity index (χ2n) is 5.90. The summed E-state index contributed by atoms with van der Waals surface area (Å²) in [7, 11) is 3.05. The summed E-state index contributed by atoms with van der Waals surface area (Å²) in [4.78, 5) is 9.19. The van der Waals surface area contributed by atoms with Crippen molar-refractivity contribution >= 4 is 11.6 Å². The van der Waals surface area contributed by atoms with E-state index in [1.807, 2.05) is 6.07 Å². The predicted octanol–water partition coefficient (Wildman–Crippen LogP) is 3.72. The number of hydrogen-bond acceptors (Lipinski definition) is 5. The third-order valence-electron chi connectivity index (χ3n) is 4.23. The minimum Gasteiger partial charge on any atom is -0.493 e. The molecule has 1 aliphatic heterocycles. The molecule has 0 spiro atoms. The number of alkyl halides is 3. The number of nitrogens with zero attached hydrogens (tertiary/aromatic N) is 3. The van der Waals surface area contributed by atoms with E-state index in [0.717, 1.165) is 5.56 Å². The first-order valence-corrected chi connectivity index (χ1v) is 8.25. The van der Waals surface area contributed by atoms with E-state index in [-0.39, 0.29) is 0 Å². The minimum atomic E-state index is -4.53. The lowest BCUT2D eigenvalue weighted by Gasteiger charge is -2.28. The standard InChI is InChI=1S/C17H17ClF3N3O2/c1-25-13-4-3-10(14(18)15(13)26-2)8-24-6-5-12-11(9-24)7-22-16(23-12)17(19,20)21/h3-4,7H,5-6,8-9H2,1-2H3. The van der Waals surface area contributed by atoms with Crippen molar-refractivity contribution in [2.24, 2.45) is 0 Å². The van der Waals surface area contributed by atoms with E-state index in [1.54, 1.807) is 6.07 Å². The zero-order valence-electron chi connectivity index (χ0n) is 14.2. The number of ether oxygens (including phenoxy) is 2. The van der Waals surface area contributed by atoms with Gasteiger partial charge in [-0.15, -0.1) is 0 Å². The molecule has 0 unspecified atom stereocenters. The Morgan fingerprint density at radius 1 is 1.23 bits per heavy atom. The van der Waals surface area contributed by atoms with Gasteiger partial charge in [0.15, 0.2) is 11.5 Å². The van der Waals surface area contributed by atoms with Crippen LogP contribution in [0.3, 0.4) is 0 Å². The Morgan fingerprint density at radius 2 is 2.00 bits per heavy atom. The van der Waals surface area contributed by atoms with Crippen LogP contribution < -0.4 is 9.47 Å². The van der Waals surface area contributed by atoms with Crippen LogP contribution in [0, 0.1) is 0 Å². The molecule has 2 heterocycles. The van der Waals surface area contributed by atoms with Gasteiger partial charge in [0.25, 0.3) is 0 Å². The first kappa shape index (κ1) is 18.7. The van der Waals surface area contributed by atoms with E-state index in [4.69, 9.17) is 21.1 Å². The summed E-state index contributed by atoms with van der Waals surface area (Å²) >= 11 is 6.40. The maximum absolute atomic E-state index is 12.7. The van der Waals surface area contributed by atoms with Crippen molar-refractivity contribution in [2.75, 3.05) is 20.8 Å². The van der Waals surface area contributed by atoms with E-state index in [0.29, 0.717) is 53.8 Å². The zero-order chi connectivity index (χ0) is 18.9. The van der Waals surface area contributed by atoms with Gasteiger partial charge in [-0.05, 0) is 11.6 Å². The molecule has 0 atom stereocenters. The number of aromatic nitrogens is 2. The SMILES string of the molecule is COc1ccc(CN2CCc3nc(C(F)(F)F)ncc3C2)c(Cl)c1OC. The molecular formula is C17H17ClF3N3O2. The van der Waals surface area contributed by atoms with E-state index in [2.05, 4.69) is 14.9 Å². The lowest BCUT2D eigenvalue weighted by molar-refractivity contribution is -0.145. The maximum atomic E-state index is 12.7. The highest BCUT2D eigenvalue weighted by molar-refractivity contribution is 6.33. The van der Waals surface area contributed by atoms with Gasteiger partial charge in [0.2, 0.25) is 5.82 Å². The Kier molecular flexibility index (Phi) is 5.24. The Morgan fingerprint density at radius 3 is 2.65 bits per heavy atom. The lowest BCUT2D eigenvalue weighted by Crippen LogP contribution is -2.31. The van der Waals surface area contributed by atoms with Crippen LogP contribution in [0.4, 0.5) is 13.2 Å². The molecule has 5 nitrogen and oxygen atoms in total. The van der Waals surface area contributed by atoms with Gasteiger partial charge in [-0.2, -0.15) is 13.2 Å². The smallest absolute Gasteiger partial charge is 0.451 e. The first-order chi connectivity index (χ1) is 12.3. The van der Waals surface area contributed by atoms with Crippen molar-refractivity contribution in [1.29, 1.82) is 0 Å². The predicted molar refractivity (Wildman–Crippen MR) is 89.4 cm³/mol. The number of hydrogen-bond donors (Lipinski definition) is 0. The molecule has 1 aliphatic rings. The molecule has 0 saturated heterocycles. The normalized spacial score (nSPS) is 14.8. The average molecular weight is 388 g/mol. The Hall–Kier alpha value is -2.06. The maximum Gasteiger partial charge on any atom is 0.451 e. The first-order valence-electron chi connectivity index (χ1n) is 7.87. The molecule has 0 N–H and O–H groups in total. The summed E-state index contributed by atoms with van der Waals surface area (Å²) in [6.07, 6.45) is -2.85. The van der Waals surface area contributed by atoms with Gasteiger partial charge in [-0.1, -0.05) is 17.7 Å². The molecule has 0 bridgehead atoms. The fraction of sp³-hybridized carbons (Fsp3) is 0.412. The third-order valence-corrected chi connectivity index (χ3v) is 4.64. The van der Waals surface area contributed by atoms with Crippen LogP contribution >= 0.6 is 11.6 Å². The Labute approximate surface area is 153 Å². The van der Waals surface area contributed by atoms with Gasteiger partial charge in [-0.3, -0.25) is 4.90 Å². The van der Waals surface area contributed by atoms with Crippen molar-refractivity contribution < 1.29 is 22.6 Å². The Balaban J connectivity index is 1.78. The summed E-state index contributed by atoms with van der Waals surface area (Å²) in [6.45, 7) is 1.56. The average Bonchev–Trinajstić information content (AvgIpc) is 2.61. The van der Waals surface area contributed by atoms with E-state index in [1.165, 1.54) is 20.4 Å². The molecule has 2 aromatic rings. The van der Waals surface area contributed by atoms with Crippen LogP contribution in [0.25, 0.3) is 0 Å². The summed E-state index contributed by atoms with van der Waals surface area (Å²) < 4.78 is 48.7. The van der Waals surface area contributed by atoms with Crippen LogP contribution in [-0.2, 0) is 25.7 Å². The molecule has 9 heteroatoms. The highest BCUT2D eigenvalue weighted by Crippen LogP contribution is 2.38. The van der Waals surface area contributed by atoms with E-state index >= 15 is 0 Å². The van der Waals surface area contributed by atoms with Crippen molar-refractivity contribution in [3.63, 3.8) is 0 Å². The summed E-state index contributed by atoms with van der Waals surface area (Å²) in [5.41, 5.74) is 1.99.